The van der Waals surface area contributed by atoms with Crippen molar-refractivity contribution >= 4 is 22.5 Å². The molecule has 4 heteroatoms. The average molecular weight is 332 g/mol. The number of hydrogen-bond acceptors (Lipinski definition) is 2. The van der Waals surface area contributed by atoms with Crippen LogP contribution in [0.3, 0.4) is 0 Å². The van der Waals surface area contributed by atoms with Crippen LogP contribution in [0.25, 0.3) is 22.2 Å². The number of ether oxygens (including phenoxy) is 1. The standard InChI is InChI=1S/C21H20N2O2/c24-21(16-12-14-10-11-18(16)25-14)23-20-15-8-4-5-9-17(15)22-19(20)13-6-2-1-3-7-13/h1-9,14,16,18,22H,10-12H2,(H,23,24)/t14-,16-,18+/m1/s1. The van der Waals surface area contributed by atoms with Gasteiger partial charge in [-0.2, -0.15) is 0 Å². The van der Waals surface area contributed by atoms with E-state index in [0.29, 0.717) is 0 Å². The molecule has 25 heavy (non-hydrogen) atoms. The van der Waals surface area contributed by atoms with E-state index in [9.17, 15) is 4.79 Å². The first-order valence-electron chi connectivity index (χ1n) is 8.92. The summed E-state index contributed by atoms with van der Waals surface area (Å²) in [5.41, 5.74) is 3.92. The molecule has 126 valence electrons. The summed E-state index contributed by atoms with van der Waals surface area (Å²) in [7, 11) is 0. The van der Waals surface area contributed by atoms with Gasteiger partial charge in [-0.15, -0.1) is 0 Å². The number of carbonyl (C=O) groups excluding carboxylic acids is 1. The minimum absolute atomic E-state index is 0.0314. The van der Waals surface area contributed by atoms with Gasteiger partial charge in [0.25, 0.3) is 0 Å². The molecule has 1 amide bonds. The highest BCUT2D eigenvalue weighted by Gasteiger charge is 2.44. The molecule has 5 rings (SSSR count). The van der Waals surface area contributed by atoms with Crippen LogP contribution in [0.15, 0.2) is 54.6 Å². The molecule has 0 aliphatic carbocycles. The third-order valence-electron chi connectivity index (χ3n) is 5.46. The smallest absolute Gasteiger partial charge is 0.230 e. The highest BCUT2D eigenvalue weighted by atomic mass is 16.5. The fourth-order valence-electron chi connectivity index (χ4n) is 4.22. The van der Waals surface area contributed by atoms with Crippen LogP contribution in [0.1, 0.15) is 19.3 Å². The van der Waals surface area contributed by atoms with Gasteiger partial charge in [-0.3, -0.25) is 4.79 Å². The summed E-state index contributed by atoms with van der Waals surface area (Å²) in [6.07, 6.45) is 3.31. The number of aromatic nitrogens is 1. The van der Waals surface area contributed by atoms with E-state index >= 15 is 0 Å². The zero-order valence-corrected chi connectivity index (χ0v) is 13.9. The topological polar surface area (TPSA) is 54.1 Å². The Hall–Kier alpha value is -2.59. The SMILES string of the molecule is O=C(Nc1c(-c2ccccc2)[nH]c2ccccc12)[C@@H]1C[C@H]2CC[C@@H]1O2. The second-order valence-electron chi connectivity index (χ2n) is 6.99. The Balaban J connectivity index is 1.54. The van der Waals surface area contributed by atoms with Crippen molar-refractivity contribution in [1.29, 1.82) is 0 Å². The molecule has 3 aromatic rings. The third kappa shape index (κ3) is 2.45. The number of carbonyl (C=O) groups is 1. The van der Waals surface area contributed by atoms with E-state index in [0.717, 1.165) is 47.1 Å². The summed E-state index contributed by atoms with van der Waals surface area (Å²) in [6.45, 7) is 0. The monoisotopic (exact) mass is 332 g/mol. The number of benzene rings is 2. The Morgan fingerprint density at radius 2 is 1.84 bits per heavy atom. The second kappa shape index (κ2) is 5.74. The Morgan fingerprint density at radius 1 is 1.04 bits per heavy atom. The van der Waals surface area contributed by atoms with Crippen molar-refractivity contribution in [3.05, 3.63) is 54.6 Å². The highest BCUT2D eigenvalue weighted by Crippen LogP contribution is 2.41. The second-order valence-corrected chi connectivity index (χ2v) is 6.99. The van der Waals surface area contributed by atoms with Crippen LogP contribution in [-0.4, -0.2) is 23.1 Å². The van der Waals surface area contributed by atoms with Crippen molar-refractivity contribution in [2.45, 2.75) is 31.5 Å². The molecular weight excluding hydrogens is 312 g/mol. The van der Waals surface area contributed by atoms with Gasteiger partial charge < -0.3 is 15.0 Å². The Kier molecular flexibility index (Phi) is 3.38. The molecule has 2 saturated heterocycles. The molecule has 0 unspecified atom stereocenters. The van der Waals surface area contributed by atoms with Crippen LogP contribution in [-0.2, 0) is 9.53 Å². The number of anilines is 1. The number of amides is 1. The summed E-state index contributed by atoms with van der Waals surface area (Å²) >= 11 is 0. The van der Waals surface area contributed by atoms with Crippen LogP contribution in [0, 0.1) is 5.92 Å². The Bertz CT molecular complexity index is 931. The minimum atomic E-state index is -0.0314. The predicted octanol–water partition coefficient (Wildman–Crippen LogP) is 4.34. The van der Waals surface area contributed by atoms with Crippen LogP contribution in [0.2, 0.25) is 0 Å². The molecule has 0 spiro atoms. The van der Waals surface area contributed by atoms with Gasteiger partial charge in [0.15, 0.2) is 0 Å². The molecule has 2 aliphatic heterocycles. The fourth-order valence-corrected chi connectivity index (χ4v) is 4.22. The maximum Gasteiger partial charge on any atom is 0.230 e. The third-order valence-corrected chi connectivity index (χ3v) is 5.46. The van der Waals surface area contributed by atoms with Gasteiger partial charge in [0, 0.05) is 16.5 Å². The number of H-pyrrole nitrogens is 1. The van der Waals surface area contributed by atoms with Crippen molar-refractivity contribution in [3.8, 4) is 11.3 Å². The van der Waals surface area contributed by atoms with Crippen molar-refractivity contribution in [2.75, 3.05) is 5.32 Å². The molecule has 3 heterocycles. The van der Waals surface area contributed by atoms with E-state index in [1.807, 2.05) is 42.5 Å². The van der Waals surface area contributed by atoms with Gasteiger partial charge in [-0.25, -0.2) is 0 Å². The molecule has 2 fully saturated rings. The molecule has 2 aromatic carbocycles. The quantitative estimate of drug-likeness (QED) is 0.749. The van der Waals surface area contributed by atoms with Gasteiger partial charge in [0.1, 0.15) is 0 Å². The summed E-state index contributed by atoms with van der Waals surface area (Å²) in [4.78, 5) is 16.4. The maximum absolute atomic E-state index is 12.9. The molecule has 0 saturated carbocycles. The summed E-state index contributed by atoms with van der Waals surface area (Å²) in [5, 5.41) is 4.25. The van der Waals surface area contributed by atoms with E-state index < -0.39 is 0 Å². The van der Waals surface area contributed by atoms with E-state index in [2.05, 4.69) is 22.4 Å². The molecular formula is C21H20N2O2. The first kappa shape index (κ1) is 14.7. The van der Waals surface area contributed by atoms with Gasteiger partial charge >= 0.3 is 0 Å². The highest BCUT2D eigenvalue weighted by molar-refractivity contribution is 6.08. The zero-order valence-electron chi connectivity index (χ0n) is 13.9. The number of hydrogen-bond donors (Lipinski definition) is 2. The van der Waals surface area contributed by atoms with Crippen LogP contribution >= 0.6 is 0 Å². The van der Waals surface area contributed by atoms with Gasteiger partial charge in [-0.05, 0) is 25.3 Å². The number of para-hydroxylation sites is 1. The lowest BCUT2D eigenvalue weighted by molar-refractivity contribution is -0.121. The Morgan fingerprint density at radius 3 is 2.60 bits per heavy atom. The number of rotatable bonds is 3. The summed E-state index contributed by atoms with van der Waals surface area (Å²) in [5.74, 6) is 0.0465. The molecule has 2 aliphatic rings. The van der Waals surface area contributed by atoms with E-state index in [-0.39, 0.29) is 24.0 Å². The predicted molar refractivity (Wildman–Crippen MR) is 98.4 cm³/mol. The summed E-state index contributed by atoms with van der Waals surface area (Å²) < 4.78 is 5.86. The molecule has 3 atom stereocenters. The van der Waals surface area contributed by atoms with E-state index in [4.69, 9.17) is 4.74 Å². The maximum atomic E-state index is 12.9. The average Bonchev–Trinajstić information content (AvgIpc) is 3.37. The first-order chi connectivity index (χ1) is 12.3. The van der Waals surface area contributed by atoms with Gasteiger partial charge in [0.05, 0.1) is 29.5 Å². The van der Waals surface area contributed by atoms with Crippen LogP contribution < -0.4 is 5.32 Å². The largest absolute Gasteiger partial charge is 0.374 e. The van der Waals surface area contributed by atoms with Gasteiger partial charge in [-0.1, -0.05) is 48.5 Å². The fraction of sp³-hybridized carbons (Fsp3) is 0.286. The zero-order chi connectivity index (χ0) is 16.8. The molecule has 1 aromatic heterocycles. The lowest BCUT2D eigenvalue weighted by atomic mass is 9.88. The van der Waals surface area contributed by atoms with Crippen molar-refractivity contribution < 1.29 is 9.53 Å². The normalized spacial score (nSPS) is 24.7. The Labute approximate surface area is 146 Å². The van der Waals surface area contributed by atoms with Crippen molar-refractivity contribution in [3.63, 3.8) is 0 Å². The van der Waals surface area contributed by atoms with Crippen molar-refractivity contribution in [1.82, 2.24) is 4.98 Å². The first-order valence-corrected chi connectivity index (χ1v) is 8.92. The van der Waals surface area contributed by atoms with Gasteiger partial charge in [0.2, 0.25) is 5.91 Å². The molecule has 2 bridgehead atoms. The van der Waals surface area contributed by atoms with Crippen LogP contribution in [0.4, 0.5) is 5.69 Å². The van der Waals surface area contributed by atoms with E-state index in [1.165, 1.54) is 0 Å². The van der Waals surface area contributed by atoms with Crippen LogP contribution in [0.5, 0.6) is 0 Å². The molecule has 4 nitrogen and oxygen atoms in total. The van der Waals surface area contributed by atoms with Crippen molar-refractivity contribution in [2.24, 2.45) is 5.92 Å². The number of aromatic amines is 1. The number of fused-ring (bicyclic) bond motifs is 3. The molecule has 0 radical (unpaired) electrons. The number of nitrogens with one attached hydrogen (secondary N) is 2. The lowest BCUT2D eigenvalue weighted by Gasteiger charge is -2.18. The summed E-state index contributed by atoms with van der Waals surface area (Å²) in [6, 6.07) is 18.2. The minimum Gasteiger partial charge on any atom is -0.374 e. The molecule has 2 N–H and O–H groups in total. The van der Waals surface area contributed by atoms with E-state index in [1.54, 1.807) is 0 Å². The lowest BCUT2D eigenvalue weighted by Crippen LogP contribution is -2.30.